The molecule has 1 N–H and O–H groups in total. The van der Waals surface area contributed by atoms with Crippen LogP contribution in [0, 0.1) is 15.9 Å². The summed E-state index contributed by atoms with van der Waals surface area (Å²) in [5, 5.41) is 23.1. The maximum atomic E-state index is 13.9. The quantitative estimate of drug-likeness (QED) is 0.483. The zero-order valence-electron chi connectivity index (χ0n) is 11.5. The third-order valence-corrected chi connectivity index (χ3v) is 3.87. The Hall–Kier alpha value is -1.93. The highest BCUT2D eigenvalue weighted by molar-refractivity contribution is 7.14. The molecule has 1 heterocycles. The number of nitro groups is 1. The van der Waals surface area contributed by atoms with Crippen LogP contribution in [0.15, 0.2) is 18.2 Å². The fourth-order valence-corrected chi connectivity index (χ4v) is 2.70. The Morgan fingerprint density at radius 2 is 2.24 bits per heavy atom. The average molecular weight is 310 g/mol. The van der Waals surface area contributed by atoms with E-state index >= 15 is 0 Å². The number of non-ortho nitro benzene ring substituents is 1. The molecule has 0 radical (unpaired) electrons. The monoisotopic (exact) mass is 310 g/mol. The van der Waals surface area contributed by atoms with Crippen molar-refractivity contribution in [2.75, 3.05) is 13.1 Å². The van der Waals surface area contributed by atoms with E-state index in [1.54, 1.807) is 0 Å². The van der Waals surface area contributed by atoms with E-state index in [-0.39, 0.29) is 11.3 Å². The van der Waals surface area contributed by atoms with Crippen LogP contribution in [-0.4, -0.2) is 28.2 Å². The van der Waals surface area contributed by atoms with E-state index in [1.165, 1.54) is 23.5 Å². The number of nitrogens with one attached hydrogen (secondary N) is 1. The van der Waals surface area contributed by atoms with Crippen molar-refractivity contribution >= 4 is 17.0 Å². The van der Waals surface area contributed by atoms with Crippen molar-refractivity contribution < 1.29 is 9.31 Å². The van der Waals surface area contributed by atoms with Crippen molar-refractivity contribution in [2.45, 2.75) is 19.8 Å². The number of rotatable bonds is 7. The van der Waals surface area contributed by atoms with Crippen LogP contribution >= 0.6 is 11.3 Å². The molecule has 21 heavy (non-hydrogen) atoms. The van der Waals surface area contributed by atoms with E-state index in [4.69, 9.17) is 0 Å². The fraction of sp³-hybridized carbons (Fsp3) is 0.385. The predicted molar refractivity (Wildman–Crippen MR) is 78.8 cm³/mol. The zero-order chi connectivity index (χ0) is 15.2. The normalized spacial score (nSPS) is 10.8. The molecule has 8 heteroatoms. The summed E-state index contributed by atoms with van der Waals surface area (Å²) in [6.45, 7) is 3.87. The Kier molecular flexibility index (Phi) is 5.29. The summed E-state index contributed by atoms with van der Waals surface area (Å²) in [6.07, 6.45) is 1.71. The summed E-state index contributed by atoms with van der Waals surface area (Å²) < 4.78 is 13.9. The molecule has 0 spiro atoms. The van der Waals surface area contributed by atoms with Gasteiger partial charge in [0.15, 0.2) is 5.01 Å². The molecule has 2 aromatic rings. The molecule has 0 unspecified atom stereocenters. The van der Waals surface area contributed by atoms with Gasteiger partial charge < -0.3 is 5.32 Å². The topological polar surface area (TPSA) is 81.0 Å². The molecular weight excluding hydrogens is 295 g/mol. The molecule has 0 bridgehead atoms. The molecule has 0 aliphatic carbocycles. The van der Waals surface area contributed by atoms with Gasteiger partial charge in [0.1, 0.15) is 10.8 Å². The predicted octanol–water partition coefficient (Wildman–Crippen LogP) is 2.79. The van der Waals surface area contributed by atoms with Gasteiger partial charge in [-0.3, -0.25) is 10.1 Å². The highest BCUT2D eigenvalue weighted by Gasteiger charge is 2.15. The smallest absolute Gasteiger partial charge is 0.272 e. The van der Waals surface area contributed by atoms with Crippen LogP contribution in [-0.2, 0) is 6.42 Å². The molecule has 0 saturated carbocycles. The number of benzene rings is 1. The zero-order valence-corrected chi connectivity index (χ0v) is 12.3. The molecule has 0 atom stereocenters. The number of nitrogens with zero attached hydrogens (tertiary/aromatic N) is 3. The fourth-order valence-electron chi connectivity index (χ4n) is 1.80. The minimum Gasteiger partial charge on any atom is -0.317 e. The van der Waals surface area contributed by atoms with Crippen LogP contribution in [0.25, 0.3) is 10.6 Å². The van der Waals surface area contributed by atoms with Gasteiger partial charge in [0.05, 0.1) is 11.0 Å². The molecule has 112 valence electrons. The second-order valence-electron chi connectivity index (χ2n) is 4.38. The molecular formula is C13H15FN4O2S. The number of aromatic nitrogens is 2. The van der Waals surface area contributed by atoms with Gasteiger partial charge in [-0.05, 0) is 25.6 Å². The Bertz CT molecular complexity index is 632. The SMILES string of the molecule is CCNCCCc1nnc(-c2ccc([N+](=O)[O-])cc2F)s1. The number of hydrogen-bond acceptors (Lipinski definition) is 6. The number of aryl methyl sites for hydroxylation is 1. The second-order valence-corrected chi connectivity index (χ2v) is 5.44. The van der Waals surface area contributed by atoms with Crippen LogP contribution in [0.3, 0.4) is 0 Å². The highest BCUT2D eigenvalue weighted by Crippen LogP contribution is 2.28. The van der Waals surface area contributed by atoms with Crippen LogP contribution in [0.1, 0.15) is 18.4 Å². The second kappa shape index (κ2) is 7.19. The van der Waals surface area contributed by atoms with Crippen LogP contribution in [0.4, 0.5) is 10.1 Å². The first-order chi connectivity index (χ1) is 10.1. The van der Waals surface area contributed by atoms with Gasteiger partial charge in [0.2, 0.25) is 0 Å². The summed E-state index contributed by atoms with van der Waals surface area (Å²) in [5.41, 5.74) is -0.0253. The van der Waals surface area contributed by atoms with Gasteiger partial charge in [0.25, 0.3) is 5.69 Å². The number of halogens is 1. The molecule has 1 aromatic heterocycles. The van der Waals surface area contributed by atoms with E-state index in [2.05, 4.69) is 15.5 Å². The van der Waals surface area contributed by atoms with E-state index < -0.39 is 10.7 Å². The first-order valence-corrected chi connectivity index (χ1v) is 7.41. The van der Waals surface area contributed by atoms with Gasteiger partial charge in [0, 0.05) is 18.1 Å². The summed E-state index contributed by atoms with van der Waals surface area (Å²) in [7, 11) is 0. The van der Waals surface area contributed by atoms with Gasteiger partial charge in [-0.2, -0.15) is 0 Å². The van der Waals surface area contributed by atoms with Crippen molar-refractivity contribution in [1.82, 2.24) is 15.5 Å². The summed E-state index contributed by atoms with van der Waals surface area (Å²) in [5.74, 6) is -0.653. The van der Waals surface area contributed by atoms with Crippen molar-refractivity contribution in [3.63, 3.8) is 0 Å². The Morgan fingerprint density at radius 3 is 2.90 bits per heavy atom. The van der Waals surface area contributed by atoms with Gasteiger partial charge in [-0.15, -0.1) is 10.2 Å². The lowest BCUT2D eigenvalue weighted by atomic mass is 10.2. The molecule has 2 rings (SSSR count). The minimum atomic E-state index is -0.653. The summed E-state index contributed by atoms with van der Waals surface area (Å²) in [4.78, 5) is 9.96. The molecule has 0 saturated heterocycles. The molecule has 0 aliphatic heterocycles. The molecule has 6 nitrogen and oxygen atoms in total. The Morgan fingerprint density at radius 1 is 1.43 bits per heavy atom. The lowest BCUT2D eigenvalue weighted by molar-refractivity contribution is -0.385. The molecule has 0 fully saturated rings. The van der Waals surface area contributed by atoms with Crippen molar-refractivity contribution in [3.05, 3.63) is 39.1 Å². The largest absolute Gasteiger partial charge is 0.317 e. The standard InChI is InChI=1S/C13H15FN4O2S/c1-2-15-7-3-4-12-16-17-13(21-12)10-6-5-9(18(19)20)8-11(10)14/h5-6,8,15H,2-4,7H2,1H3. The van der Waals surface area contributed by atoms with E-state index in [0.29, 0.717) is 5.01 Å². The number of hydrogen-bond donors (Lipinski definition) is 1. The van der Waals surface area contributed by atoms with Crippen LogP contribution in [0.5, 0.6) is 0 Å². The summed E-state index contributed by atoms with van der Waals surface area (Å²) in [6, 6.07) is 3.54. The summed E-state index contributed by atoms with van der Waals surface area (Å²) >= 11 is 1.31. The number of nitro benzene ring substituents is 1. The lowest BCUT2D eigenvalue weighted by Gasteiger charge is -1.98. The molecule has 0 aliphatic rings. The van der Waals surface area contributed by atoms with Crippen LogP contribution in [0.2, 0.25) is 0 Å². The Balaban J connectivity index is 2.08. The van der Waals surface area contributed by atoms with Gasteiger partial charge in [-0.1, -0.05) is 18.3 Å². The molecule has 0 amide bonds. The van der Waals surface area contributed by atoms with Gasteiger partial charge >= 0.3 is 0 Å². The molecule has 1 aromatic carbocycles. The van der Waals surface area contributed by atoms with Crippen molar-refractivity contribution in [3.8, 4) is 10.6 Å². The highest BCUT2D eigenvalue weighted by atomic mass is 32.1. The Labute approximate surface area is 125 Å². The van der Waals surface area contributed by atoms with E-state index in [9.17, 15) is 14.5 Å². The van der Waals surface area contributed by atoms with Gasteiger partial charge in [-0.25, -0.2) is 4.39 Å². The van der Waals surface area contributed by atoms with Crippen molar-refractivity contribution in [2.24, 2.45) is 0 Å². The maximum absolute atomic E-state index is 13.9. The van der Waals surface area contributed by atoms with Crippen LogP contribution < -0.4 is 5.32 Å². The first-order valence-electron chi connectivity index (χ1n) is 6.59. The average Bonchev–Trinajstić information content (AvgIpc) is 2.92. The van der Waals surface area contributed by atoms with E-state index in [0.717, 1.165) is 37.0 Å². The third-order valence-electron chi connectivity index (χ3n) is 2.85. The van der Waals surface area contributed by atoms with E-state index in [1.807, 2.05) is 6.92 Å². The van der Waals surface area contributed by atoms with Crippen molar-refractivity contribution in [1.29, 1.82) is 0 Å². The maximum Gasteiger partial charge on any atom is 0.272 e. The first kappa shape index (κ1) is 15.5. The lowest BCUT2D eigenvalue weighted by Crippen LogP contribution is -2.14. The third kappa shape index (κ3) is 4.02. The minimum absolute atomic E-state index is 0.246.